The first-order valence-electron chi connectivity index (χ1n) is 8.57. The van der Waals surface area contributed by atoms with Crippen molar-refractivity contribution in [2.75, 3.05) is 5.32 Å². The minimum Gasteiger partial charge on any atom is -0.465 e. The maximum Gasteiger partial charge on any atom is 0.278 e. The second kappa shape index (κ2) is 6.99. The average Bonchev–Trinajstić information content (AvgIpc) is 3.24. The third-order valence-electron chi connectivity index (χ3n) is 4.47. The van der Waals surface area contributed by atoms with Crippen LogP contribution in [0, 0.1) is 10.1 Å². The van der Waals surface area contributed by atoms with Crippen molar-refractivity contribution in [1.82, 2.24) is 5.01 Å². The number of nitrogens with zero attached hydrogens (tertiary/aromatic N) is 3. The van der Waals surface area contributed by atoms with Crippen LogP contribution >= 0.6 is 0 Å². The highest BCUT2D eigenvalue weighted by Crippen LogP contribution is 2.33. The van der Waals surface area contributed by atoms with E-state index >= 15 is 0 Å². The van der Waals surface area contributed by atoms with Crippen LogP contribution in [0.1, 0.15) is 34.8 Å². The van der Waals surface area contributed by atoms with Crippen LogP contribution in [-0.2, 0) is 0 Å². The second-order valence-corrected chi connectivity index (χ2v) is 6.25. The first kappa shape index (κ1) is 17.5. The molecule has 0 spiro atoms. The van der Waals surface area contributed by atoms with Gasteiger partial charge in [-0.25, -0.2) is 0 Å². The summed E-state index contributed by atoms with van der Waals surface area (Å²) in [6, 6.07) is 16.7. The van der Waals surface area contributed by atoms with Crippen molar-refractivity contribution in [1.29, 1.82) is 0 Å². The van der Waals surface area contributed by atoms with Gasteiger partial charge < -0.3 is 9.73 Å². The molecule has 0 fully saturated rings. The topological polar surface area (TPSA) is 101 Å². The van der Waals surface area contributed by atoms with E-state index in [1.165, 1.54) is 23.4 Å². The minimum atomic E-state index is -0.606. The molecule has 0 saturated heterocycles. The molecule has 1 atom stereocenters. The van der Waals surface area contributed by atoms with E-state index in [9.17, 15) is 14.9 Å². The van der Waals surface area contributed by atoms with Crippen molar-refractivity contribution >= 4 is 23.0 Å². The molecule has 3 aromatic rings. The second-order valence-electron chi connectivity index (χ2n) is 6.25. The minimum absolute atomic E-state index is 0.00495. The smallest absolute Gasteiger partial charge is 0.278 e. The van der Waals surface area contributed by atoms with Gasteiger partial charge in [-0.2, -0.15) is 10.1 Å². The number of anilines is 1. The van der Waals surface area contributed by atoms with Crippen molar-refractivity contribution in [2.24, 2.45) is 5.10 Å². The van der Waals surface area contributed by atoms with Crippen molar-refractivity contribution in [2.45, 2.75) is 13.1 Å². The predicted octanol–water partition coefficient (Wildman–Crippen LogP) is 4.18. The number of benzene rings is 2. The Labute approximate surface area is 160 Å². The van der Waals surface area contributed by atoms with Gasteiger partial charge in [0.05, 0.1) is 22.5 Å². The van der Waals surface area contributed by atoms with Gasteiger partial charge in [0.2, 0.25) is 0 Å². The molecule has 1 N–H and O–H groups in total. The Bertz CT molecular complexity index is 1060. The normalized spacial score (nSPS) is 16.5. The number of hydrogen-bond donors (Lipinski definition) is 1. The number of furan rings is 1. The first-order chi connectivity index (χ1) is 13.5. The molecular formula is C20H16N4O4. The molecule has 1 amide bonds. The molecule has 1 unspecified atom stereocenters. The van der Waals surface area contributed by atoms with Crippen LogP contribution in [0.3, 0.4) is 0 Å². The van der Waals surface area contributed by atoms with Crippen LogP contribution < -0.4 is 5.32 Å². The molecule has 1 aliphatic heterocycles. The fourth-order valence-electron chi connectivity index (χ4n) is 3.03. The van der Waals surface area contributed by atoms with Gasteiger partial charge in [0, 0.05) is 17.8 Å². The molecule has 0 saturated carbocycles. The number of hydrazone groups is 1. The Kier molecular flexibility index (Phi) is 4.36. The lowest BCUT2D eigenvalue weighted by Gasteiger charge is -2.33. The van der Waals surface area contributed by atoms with Crippen LogP contribution in [0.15, 0.2) is 76.4 Å². The zero-order chi connectivity index (χ0) is 19.7. The van der Waals surface area contributed by atoms with Gasteiger partial charge in [-0.1, -0.05) is 12.1 Å². The quantitative estimate of drug-likeness (QED) is 0.418. The molecule has 2 aromatic carbocycles. The first-order valence-corrected chi connectivity index (χ1v) is 8.57. The summed E-state index contributed by atoms with van der Waals surface area (Å²) in [4.78, 5) is 23.5. The van der Waals surface area contributed by atoms with Crippen LogP contribution in [0.25, 0.3) is 0 Å². The van der Waals surface area contributed by atoms with Crippen LogP contribution in [0.4, 0.5) is 11.4 Å². The highest BCUT2D eigenvalue weighted by Gasteiger charge is 2.34. The molecular weight excluding hydrogens is 360 g/mol. The maximum absolute atomic E-state index is 13.1. The van der Waals surface area contributed by atoms with E-state index in [-0.39, 0.29) is 11.6 Å². The molecule has 0 radical (unpaired) electrons. The lowest BCUT2D eigenvalue weighted by molar-refractivity contribution is -0.384. The lowest BCUT2D eigenvalue weighted by Crippen LogP contribution is -2.40. The van der Waals surface area contributed by atoms with E-state index in [4.69, 9.17) is 4.42 Å². The zero-order valence-corrected chi connectivity index (χ0v) is 14.9. The number of non-ortho nitro benzene ring substituents is 1. The number of nitro groups is 1. The number of carbonyl (C=O) groups is 1. The SMILES string of the molecule is CC(=NN1C(=O)c2ccccc2NC1c1ccco1)c1ccc([N+](=O)[O-])cc1. The molecule has 140 valence electrons. The summed E-state index contributed by atoms with van der Waals surface area (Å²) in [5.74, 6) is 0.278. The maximum atomic E-state index is 13.1. The summed E-state index contributed by atoms with van der Waals surface area (Å²) in [6.07, 6.45) is 0.929. The van der Waals surface area contributed by atoms with Crippen molar-refractivity contribution in [3.05, 3.63) is 93.9 Å². The Morgan fingerprint density at radius 2 is 1.89 bits per heavy atom. The number of nitrogens with one attached hydrogen (secondary N) is 1. The number of fused-ring (bicyclic) bond motifs is 1. The standard InChI is InChI=1S/C20H16N4O4/c1-13(14-8-10-15(11-9-14)24(26)27)22-23-19(18-7-4-12-28-18)21-17-6-3-2-5-16(17)20(23)25/h2-12,19,21H,1H3. The summed E-state index contributed by atoms with van der Waals surface area (Å²) in [5.41, 5.74) is 2.42. The third-order valence-corrected chi connectivity index (χ3v) is 4.47. The van der Waals surface area contributed by atoms with Crippen molar-refractivity contribution < 1.29 is 14.1 Å². The fourth-order valence-corrected chi connectivity index (χ4v) is 3.03. The van der Waals surface area contributed by atoms with Gasteiger partial charge >= 0.3 is 0 Å². The molecule has 0 bridgehead atoms. The van der Waals surface area contributed by atoms with Gasteiger partial charge in [0.1, 0.15) is 5.76 Å². The van der Waals surface area contributed by atoms with E-state index in [2.05, 4.69) is 10.4 Å². The average molecular weight is 376 g/mol. The summed E-state index contributed by atoms with van der Waals surface area (Å²) in [6.45, 7) is 1.74. The summed E-state index contributed by atoms with van der Waals surface area (Å²) < 4.78 is 5.50. The van der Waals surface area contributed by atoms with Gasteiger partial charge in [-0.05, 0) is 48.9 Å². The summed E-state index contributed by atoms with van der Waals surface area (Å²) in [7, 11) is 0. The molecule has 8 nitrogen and oxygen atoms in total. The highest BCUT2D eigenvalue weighted by atomic mass is 16.6. The van der Waals surface area contributed by atoms with E-state index in [0.29, 0.717) is 28.3 Å². The van der Waals surface area contributed by atoms with Gasteiger partial charge in [0.15, 0.2) is 6.17 Å². The molecule has 28 heavy (non-hydrogen) atoms. The van der Waals surface area contributed by atoms with E-state index < -0.39 is 11.1 Å². The van der Waals surface area contributed by atoms with E-state index in [1.54, 1.807) is 43.3 Å². The van der Waals surface area contributed by atoms with Crippen LogP contribution in [0.2, 0.25) is 0 Å². The highest BCUT2D eigenvalue weighted by molar-refractivity contribution is 6.04. The van der Waals surface area contributed by atoms with E-state index in [1.807, 2.05) is 12.1 Å². The largest absolute Gasteiger partial charge is 0.465 e. The number of hydrogen-bond acceptors (Lipinski definition) is 6. The zero-order valence-electron chi connectivity index (χ0n) is 14.9. The Morgan fingerprint density at radius 1 is 1.14 bits per heavy atom. The summed E-state index contributed by atoms with van der Waals surface area (Å²) in [5, 5.41) is 20.0. The van der Waals surface area contributed by atoms with Crippen molar-refractivity contribution in [3.63, 3.8) is 0 Å². The fraction of sp³-hybridized carbons (Fsp3) is 0.100. The third kappa shape index (κ3) is 3.11. The molecule has 8 heteroatoms. The number of carbonyl (C=O) groups excluding carboxylic acids is 1. The lowest BCUT2D eigenvalue weighted by atomic mass is 10.1. The predicted molar refractivity (Wildman–Crippen MR) is 103 cm³/mol. The number of nitro benzene ring substituents is 1. The monoisotopic (exact) mass is 376 g/mol. The Morgan fingerprint density at radius 3 is 2.57 bits per heavy atom. The van der Waals surface area contributed by atoms with Gasteiger partial charge in [-0.15, -0.1) is 0 Å². The summed E-state index contributed by atoms with van der Waals surface area (Å²) >= 11 is 0. The molecule has 2 heterocycles. The molecule has 4 rings (SSSR count). The van der Waals surface area contributed by atoms with E-state index in [0.717, 1.165) is 0 Å². The molecule has 1 aliphatic rings. The van der Waals surface area contributed by atoms with Crippen molar-refractivity contribution in [3.8, 4) is 0 Å². The van der Waals surface area contributed by atoms with Gasteiger partial charge in [0.25, 0.3) is 11.6 Å². The Hall–Kier alpha value is -3.94. The van der Waals surface area contributed by atoms with Crippen LogP contribution in [-0.4, -0.2) is 21.6 Å². The number of rotatable bonds is 4. The molecule has 1 aromatic heterocycles. The van der Waals surface area contributed by atoms with Crippen LogP contribution in [0.5, 0.6) is 0 Å². The number of amides is 1. The van der Waals surface area contributed by atoms with Gasteiger partial charge in [-0.3, -0.25) is 14.9 Å². The molecule has 0 aliphatic carbocycles. The Balaban J connectivity index is 1.73. The number of para-hydroxylation sites is 1.